The summed E-state index contributed by atoms with van der Waals surface area (Å²) in [6.45, 7) is 2.62. The highest BCUT2D eigenvalue weighted by Gasteiger charge is 2.05. The van der Waals surface area contributed by atoms with Crippen molar-refractivity contribution in [3.05, 3.63) is 24.3 Å². The second kappa shape index (κ2) is 14.2. The van der Waals surface area contributed by atoms with E-state index in [1.54, 1.807) is 31.4 Å². The molecule has 1 rings (SSSR count). The molecule has 5 heteroatoms. The highest BCUT2D eigenvalue weighted by Crippen LogP contribution is 2.18. The van der Waals surface area contributed by atoms with Crippen LogP contribution >= 0.6 is 0 Å². The Hall–Kier alpha value is -2.04. The zero-order valence-electron chi connectivity index (χ0n) is 16.1. The third-order valence-electron chi connectivity index (χ3n) is 4.06. The zero-order valence-corrected chi connectivity index (χ0v) is 16.1. The lowest BCUT2D eigenvalue weighted by Crippen LogP contribution is -2.07. The average Bonchev–Trinajstić information content (AvgIpc) is 2.64. The molecule has 0 aliphatic heterocycles. The van der Waals surface area contributed by atoms with Crippen molar-refractivity contribution in [3.63, 3.8) is 0 Å². The number of esters is 2. The molecule has 0 amide bonds. The van der Waals surface area contributed by atoms with E-state index in [1.807, 2.05) is 0 Å². The van der Waals surface area contributed by atoms with Crippen LogP contribution in [0.15, 0.2) is 24.3 Å². The first-order chi connectivity index (χ1) is 12.7. The normalized spacial score (nSPS) is 10.4. The summed E-state index contributed by atoms with van der Waals surface area (Å²) >= 11 is 0. The SMILES string of the molecule is CCCCOC(=O)CCCCCCCCC(=O)Oc1ccc(OC)cc1. The molecule has 1 aromatic carbocycles. The molecule has 0 radical (unpaired) electrons. The van der Waals surface area contributed by atoms with E-state index in [-0.39, 0.29) is 11.9 Å². The molecule has 0 heterocycles. The fourth-order valence-corrected chi connectivity index (χ4v) is 2.47. The largest absolute Gasteiger partial charge is 0.497 e. The fourth-order valence-electron chi connectivity index (χ4n) is 2.47. The van der Waals surface area contributed by atoms with Crippen molar-refractivity contribution in [2.45, 2.75) is 71.1 Å². The average molecular weight is 364 g/mol. The molecule has 0 aliphatic rings. The molecular formula is C21H32O5. The van der Waals surface area contributed by atoms with E-state index in [0.717, 1.165) is 57.1 Å². The number of carbonyl (C=O) groups is 2. The van der Waals surface area contributed by atoms with Gasteiger partial charge < -0.3 is 14.2 Å². The van der Waals surface area contributed by atoms with Crippen LogP contribution in [0.2, 0.25) is 0 Å². The van der Waals surface area contributed by atoms with Gasteiger partial charge in [0.25, 0.3) is 0 Å². The van der Waals surface area contributed by atoms with E-state index >= 15 is 0 Å². The Bertz CT molecular complexity index is 510. The van der Waals surface area contributed by atoms with Crippen LogP contribution in [0, 0.1) is 0 Å². The Labute approximate surface area is 157 Å². The van der Waals surface area contributed by atoms with E-state index < -0.39 is 0 Å². The third kappa shape index (κ3) is 10.7. The third-order valence-corrected chi connectivity index (χ3v) is 4.06. The van der Waals surface area contributed by atoms with Crippen molar-refractivity contribution in [1.29, 1.82) is 0 Å². The van der Waals surface area contributed by atoms with Gasteiger partial charge in [-0.05, 0) is 43.5 Å². The predicted octanol–water partition coefficient (Wildman–Crippen LogP) is 5.06. The minimum Gasteiger partial charge on any atom is -0.497 e. The van der Waals surface area contributed by atoms with Crippen molar-refractivity contribution < 1.29 is 23.8 Å². The van der Waals surface area contributed by atoms with E-state index in [2.05, 4.69) is 6.92 Å². The van der Waals surface area contributed by atoms with Gasteiger partial charge in [0, 0.05) is 12.8 Å². The van der Waals surface area contributed by atoms with Crippen LogP contribution in [0.3, 0.4) is 0 Å². The Morgan fingerprint density at radius 3 is 1.88 bits per heavy atom. The first-order valence-electron chi connectivity index (χ1n) is 9.66. The second-order valence-corrected chi connectivity index (χ2v) is 6.34. The molecule has 0 spiro atoms. The molecule has 0 atom stereocenters. The van der Waals surface area contributed by atoms with Gasteiger partial charge in [0.15, 0.2) is 0 Å². The Morgan fingerprint density at radius 2 is 1.31 bits per heavy atom. The summed E-state index contributed by atoms with van der Waals surface area (Å²) in [6.07, 6.45) is 8.80. The summed E-state index contributed by atoms with van der Waals surface area (Å²) in [7, 11) is 1.60. The molecule has 0 aromatic heterocycles. The molecule has 0 fully saturated rings. The highest BCUT2D eigenvalue weighted by molar-refractivity contribution is 5.72. The lowest BCUT2D eigenvalue weighted by molar-refractivity contribution is -0.144. The van der Waals surface area contributed by atoms with Crippen molar-refractivity contribution in [3.8, 4) is 11.5 Å². The molecule has 5 nitrogen and oxygen atoms in total. The molecule has 26 heavy (non-hydrogen) atoms. The van der Waals surface area contributed by atoms with Gasteiger partial charge >= 0.3 is 11.9 Å². The Morgan fingerprint density at radius 1 is 0.769 bits per heavy atom. The number of hydrogen-bond acceptors (Lipinski definition) is 5. The van der Waals surface area contributed by atoms with Gasteiger partial charge in [-0.3, -0.25) is 9.59 Å². The maximum absolute atomic E-state index is 11.8. The molecular weight excluding hydrogens is 332 g/mol. The number of ether oxygens (including phenoxy) is 3. The summed E-state index contributed by atoms with van der Waals surface area (Å²) in [5.74, 6) is 0.991. The molecule has 0 saturated carbocycles. The first-order valence-corrected chi connectivity index (χ1v) is 9.66. The lowest BCUT2D eigenvalue weighted by atomic mass is 10.1. The van der Waals surface area contributed by atoms with Crippen LogP contribution in [0.4, 0.5) is 0 Å². The maximum Gasteiger partial charge on any atom is 0.311 e. The maximum atomic E-state index is 11.8. The van der Waals surface area contributed by atoms with Gasteiger partial charge in [-0.2, -0.15) is 0 Å². The Kier molecular flexibility index (Phi) is 12.0. The molecule has 0 aliphatic carbocycles. The molecule has 1 aromatic rings. The molecule has 0 N–H and O–H groups in total. The number of methoxy groups -OCH3 is 1. The Balaban J connectivity index is 1.96. The van der Waals surface area contributed by atoms with Crippen LogP contribution in [-0.4, -0.2) is 25.7 Å². The predicted molar refractivity (Wildman–Crippen MR) is 101 cm³/mol. The zero-order chi connectivity index (χ0) is 19.0. The number of unbranched alkanes of at least 4 members (excludes halogenated alkanes) is 6. The smallest absolute Gasteiger partial charge is 0.311 e. The van der Waals surface area contributed by atoms with Crippen LogP contribution in [0.25, 0.3) is 0 Å². The van der Waals surface area contributed by atoms with Crippen molar-refractivity contribution in [1.82, 2.24) is 0 Å². The standard InChI is InChI=1S/C21H32O5/c1-3-4-17-25-20(22)11-9-7-5-6-8-10-12-21(23)26-19-15-13-18(24-2)14-16-19/h13-16H,3-12,17H2,1-2H3. The van der Waals surface area contributed by atoms with Crippen LogP contribution < -0.4 is 9.47 Å². The minimum absolute atomic E-state index is 0.0836. The van der Waals surface area contributed by atoms with E-state index in [9.17, 15) is 9.59 Å². The number of hydrogen-bond donors (Lipinski definition) is 0. The highest BCUT2D eigenvalue weighted by atomic mass is 16.5. The van der Waals surface area contributed by atoms with Gasteiger partial charge in [0.1, 0.15) is 11.5 Å². The lowest BCUT2D eigenvalue weighted by Gasteiger charge is -2.06. The van der Waals surface area contributed by atoms with E-state index in [0.29, 0.717) is 25.2 Å². The van der Waals surface area contributed by atoms with Crippen LogP contribution in [0.1, 0.15) is 71.1 Å². The van der Waals surface area contributed by atoms with Gasteiger partial charge in [-0.25, -0.2) is 0 Å². The quantitative estimate of drug-likeness (QED) is 0.262. The van der Waals surface area contributed by atoms with Gasteiger partial charge in [-0.15, -0.1) is 0 Å². The monoisotopic (exact) mass is 364 g/mol. The van der Waals surface area contributed by atoms with Crippen LogP contribution in [0.5, 0.6) is 11.5 Å². The summed E-state index contributed by atoms with van der Waals surface area (Å²) in [5.41, 5.74) is 0. The van der Waals surface area contributed by atoms with E-state index in [4.69, 9.17) is 14.2 Å². The van der Waals surface area contributed by atoms with Crippen molar-refractivity contribution >= 4 is 11.9 Å². The van der Waals surface area contributed by atoms with E-state index in [1.165, 1.54) is 0 Å². The fraction of sp³-hybridized carbons (Fsp3) is 0.619. The van der Waals surface area contributed by atoms with Crippen molar-refractivity contribution in [2.24, 2.45) is 0 Å². The molecule has 0 bridgehead atoms. The van der Waals surface area contributed by atoms with Crippen molar-refractivity contribution in [2.75, 3.05) is 13.7 Å². The topological polar surface area (TPSA) is 61.8 Å². The summed E-state index contributed by atoms with van der Waals surface area (Å²) in [6, 6.07) is 6.98. The van der Waals surface area contributed by atoms with Gasteiger partial charge in [0.05, 0.1) is 13.7 Å². The first kappa shape index (κ1) is 22.0. The number of rotatable bonds is 14. The van der Waals surface area contributed by atoms with Gasteiger partial charge in [-0.1, -0.05) is 39.0 Å². The number of carbonyl (C=O) groups excluding carboxylic acids is 2. The summed E-state index contributed by atoms with van der Waals surface area (Å²) < 4.78 is 15.5. The minimum atomic E-state index is -0.204. The molecule has 0 unspecified atom stereocenters. The summed E-state index contributed by atoms with van der Waals surface area (Å²) in [4.78, 5) is 23.2. The number of benzene rings is 1. The summed E-state index contributed by atoms with van der Waals surface area (Å²) in [5, 5.41) is 0. The van der Waals surface area contributed by atoms with Crippen LogP contribution in [-0.2, 0) is 14.3 Å². The molecule has 0 saturated heterocycles. The van der Waals surface area contributed by atoms with Gasteiger partial charge in [0.2, 0.25) is 0 Å². The second-order valence-electron chi connectivity index (χ2n) is 6.34. The molecule has 146 valence electrons.